The Morgan fingerprint density at radius 1 is 1.33 bits per heavy atom. The van der Waals surface area contributed by atoms with Crippen molar-refractivity contribution in [3.05, 3.63) is 18.3 Å². The Morgan fingerprint density at radius 2 is 2.00 bits per heavy atom. The number of hydrogen-bond donors (Lipinski definition) is 1. The molecule has 0 unspecified atom stereocenters. The summed E-state index contributed by atoms with van der Waals surface area (Å²) in [7, 11) is 0. The predicted molar refractivity (Wildman–Crippen MR) is 24.6 cm³/mol. The van der Waals surface area contributed by atoms with Gasteiger partial charge in [0.1, 0.15) is 0 Å². The highest BCUT2D eigenvalue weighted by molar-refractivity contribution is 5.10. The fourth-order valence-electron chi connectivity index (χ4n) is 0.333. The summed E-state index contributed by atoms with van der Waals surface area (Å²) < 4.78 is 0. The molecule has 0 aromatic carbocycles. The number of halogens is 2. The molecule has 1 aromatic heterocycles. The van der Waals surface area contributed by atoms with Gasteiger partial charge < -0.3 is 30.5 Å². The third-order valence-corrected chi connectivity index (χ3v) is 0.628. The molecule has 0 saturated heterocycles. The van der Waals surface area contributed by atoms with Gasteiger partial charge in [0.25, 0.3) is 0 Å². The molecule has 1 aromatic rings. The summed E-state index contributed by atoms with van der Waals surface area (Å²) >= 11 is 0. The van der Waals surface area contributed by atoms with Gasteiger partial charge in [-0.25, -0.2) is 0 Å². The molecule has 1 heterocycles. The lowest BCUT2D eigenvalue weighted by molar-refractivity contribution is -0.261. The fourth-order valence-corrected chi connectivity index (χ4v) is 0.333. The van der Waals surface area contributed by atoms with Gasteiger partial charge in [-0.05, 0) is 6.07 Å². The van der Waals surface area contributed by atoms with E-state index in [0.29, 0.717) is 5.82 Å². The number of rotatable bonds is 0. The van der Waals surface area contributed by atoms with Crippen LogP contribution in [0.3, 0.4) is 0 Å². The standard InChI is InChI=1S/C4H5N3.2ClH/c5-4-2-1-3-6-7-4;;/h1-3H,(H2,5,7);2*1H/p-1. The SMILES string of the molecule is [Cl-].[Cl-].[NH3+]c1cccnn1. The number of hydrogen-bond acceptors (Lipinski definition) is 2. The van der Waals surface area contributed by atoms with E-state index >= 15 is 0 Å². The molecule has 5 heteroatoms. The number of quaternary nitrogens is 1. The van der Waals surface area contributed by atoms with Crippen LogP contribution in [-0.4, -0.2) is 10.2 Å². The van der Waals surface area contributed by atoms with Crippen molar-refractivity contribution in [3.63, 3.8) is 0 Å². The summed E-state index contributed by atoms with van der Waals surface area (Å²) in [6, 6.07) is 3.60. The van der Waals surface area contributed by atoms with E-state index in [4.69, 9.17) is 0 Å². The van der Waals surface area contributed by atoms with Gasteiger partial charge in [-0.1, -0.05) is 5.10 Å². The third kappa shape index (κ3) is 4.14. The van der Waals surface area contributed by atoms with Crippen molar-refractivity contribution in [1.82, 2.24) is 10.2 Å². The average molecular weight is 167 g/mol. The second kappa shape index (κ2) is 5.75. The van der Waals surface area contributed by atoms with E-state index in [2.05, 4.69) is 15.9 Å². The van der Waals surface area contributed by atoms with Crippen LogP contribution < -0.4 is 30.5 Å². The molecule has 0 aliphatic heterocycles. The lowest BCUT2D eigenvalue weighted by Crippen LogP contribution is -3.00. The molecule has 0 bridgehead atoms. The topological polar surface area (TPSA) is 53.4 Å². The van der Waals surface area contributed by atoms with E-state index in [1.54, 1.807) is 18.3 Å². The summed E-state index contributed by atoms with van der Waals surface area (Å²) in [4.78, 5) is 0. The minimum absolute atomic E-state index is 0. The molecule has 0 radical (unpaired) electrons. The molecule has 9 heavy (non-hydrogen) atoms. The molecule has 0 atom stereocenters. The van der Waals surface area contributed by atoms with Crippen LogP contribution >= 0.6 is 0 Å². The highest BCUT2D eigenvalue weighted by Crippen LogP contribution is 1.83. The molecule has 0 fully saturated rings. The van der Waals surface area contributed by atoms with Gasteiger partial charge in [-0.15, -0.1) is 0 Å². The normalized spacial score (nSPS) is 6.78. The van der Waals surface area contributed by atoms with Crippen LogP contribution in [0.5, 0.6) is 0 Å². The Hall–Kier alpha value is -0.380. The first-order valence-electron chi connectivity index (χ1n) is 1.99. The van der Waals surface area contributed by atoms with Crippen molar-refractivity contribution in [2.45, 2.75) is 0 Å². The van der Waals surface area contributed by atoms with Gasteiger partial charge in [-0.2, -0.15) is 5.10 Å². The first-order chi connectivity index (χ1) is 3.39. The van der Waals surface area contributed by atoms with E-state index < -0.39 is 0 Å². The predicted octanol–water partition coefficient (Wildman–Crippen LogP) is -6.64. The van der Waals surface area contributed by atoms with Crippen LogP contribution in [0.4, 0.5) is 5.82 Å². The quantitative estimate of drug-likeness (QED) is 0.417. The molecule has 0 spiro atoms. The monoisotopic (exact) mass is 166 g/mol. The third-order valence-electron chi connectivity index (χ3n) is 0.628. The molecule has 3 nitrogen and oxygen atoms in total. The summed E-state index contributed by atoms with van der Waals surface area (Å²) in [6.07, 6.45) is 1.62. The van der Waals surface area contributed by atoms with Crippen LogP contribution in [0, 0.1) is 0 Å². The van der Waals surface area contributed by atoms with E-state index in [0.717, 1.165) is 0 Å². The zero-order valence-electron chi connectivity index (χ0n) is 4.59. The van der Waals surface area contributed by atoms with Crippen LogP contribution in [0.1, 0.15) is 0 Å². The summed E-state index contributed by atoms with van der Waals surface area (Å²) in [5.41, 5.74) is 3.55. The van der Waals surface area contributed by atoms with E-state index in [1.807, 2.05) is 0 Å². The largest absolute Gasteiger partial charge is 1.00 e. The van der Waals surface area contributed by atoms with Crippen LogP contribution in [0.2, 0.25) is 0 Å². The van der Waals surface area contributed by atoms with Crippen LogP contribution in [0.25, 0.3) is 0 Å². The maximum Gasteiger partial charge on any atom is 0.242 e. The van der Waals surface area contributed by atoms with Gasteiger partial charge in [0.15, 0.2) is 0 Å². The highest BCUT2D eigenvalue weighted by atomic mass is 35.5. The molecular formula is C4H6Cl2N3-. The fraction of sp³-hybridized carbons (Fsp3) is 0. The minimum atomic E-state index is 0. The maximum atomic E-state index is 3.62. The summed E-state index contributed by atoms with van der Waals surface area (Å²) in [6.45, 7) is 0. The highest BCUT2D eigenvalue weighted by Gasteiger charge is 1.80. The van der Waals surface area contributed by atoms with Crippen molar-refractivity contribution in [1.29, 1.82) is 0 Å². The lowest BCUT2D eigenvalue weighted by atomic mass is 10.6. The zero-order chi connectivity index (χ0) is 5.11. The zero-order valence-corrected chi connectivity index (χ0v) is 6.10. The molecule has 0 amide bonds. The van der Waals surface area contributed by atoms with E-state index in [9.17, 15) is 0 Å². The molecular weight excluding hydrogens is 161 g/mol. The maximum absolute atomic E-state index is 3.62. The minimum Gasteiger partial charge on any atom is -1.00 e. The van der Waals surface area contributed by atoms with Gasteiger partial charge in [0.05, 0.1) is 6.20 Å². The second-order valence-corrected chi connectivity index (χ2v) is 1.21. The Bertz CT molecular complexity index is 144. The number of nitrogens with zero attached hydrogens (tertiary/aromatic N) is 2. The van der Waals surface area contributed by atoms with Crippen molar-refractivity contribution in [2.24, 2.45) is 0 Å². The Kier molecular flexibility index (Phi) is 7.30. The molecule has 0 aliphatic carbocycles. The van der Waals surface area contributed by atoms with Crippen molar-refractivity contribution in [2.75, 3.05) is 0 Å². The van der Waals surface area contributed by atoms with Crippen molar-refractivity contribution in [3.8, 4) is 0 Å². The summed E-state index contributed by atoms with van der Waals surface area (Å²) in [5, 5.41) is 7.19. The molecule has 0 saturated carbocycles. The van der Waals surface area contributed by atoms with Gasteiger partial charge in [-0.3, -0.25) is 0 Å². The Morgan fingerprint density at radius 3 is 2.22 bits per heavy atom. The molecule has 3 N–H and O–H groups in total. The lowest BCUT2D eigenvalue weighted by Gasteiger charge is -1.76. The first-order valence-corrected chi connectivity index (χ1v) is 1.99. The van der Waals surface area contributed by atoms with Crippen LogP contribution in [-0.2, 0) is 0 Å². The van der Waals surface area contributed by atoms with Gasteiger partial charge >= 0.3 is 0 Å². The molecule has 1 rings (SSSR count). The van der Waals surface area contributed by atoms with E-state index in [1.165, 1.54) is 0 Å². The molecule has 0 aliphatic rings. The van der Waals surface area contributed by atoms with Crippen molar-refractivity contribution >= 4 is 5.82 Å². The van der Waals surface area contributed by atoms with Crippen LogP contribution in [0.15, 0.2) is 18.3 Å². The Labute approximate surface area is 65.5 Å². The Balaban J connectivity index is 0. The van der Waals surface area contributed by atoms with Crippen molar-refractivity contribution < 1.29 is 30.5 Å². The van der Waals surface area contributed by atoms with Gasteiger partial charge in [0.2, 0.25) is 5.82 Å². The summed E-state index contributed by atoms with van der Waals surface area (Å²) in [5.74, 6) is 0.711. The second-order valence-electron chi connectivity index (χ2n) is 1.21. The smallest absolute Gasteiger partial charge is 0.242 e. The first kappa shape index (κ1) is 11.4. The van der Waals surface area contributed by atoms with E-state index in [-0.39, 0.29) is 24.8 Å². The molecule has 52 valence electrons. The average Bonchev–Trinajstić information content (AvgIpc) is 1.69. The van der Waals surface area contributed by atoms with Gasteiger partial charge in [0, 0.05) is 6.07 Å². The number of aromatic nitrogens is 2.